The van der Waals surface area contributed by atoms with E-state index in [9.17, 15) is 0 Å². The van der Waals surface area contributed by atoms with Crippen molar-refractivity contribution < 1.29 is 4.74 Å². The van der Waals surface area contributed by atoms with Crippen LogP contribution in [0.5, 0.6) is 5.75 Å². The first-order chi connectivity index (χ1) is 5.95. The van der Waals surface area contributed by atoms with Crippen molar-refractivity contribution >= 4 is 11.5 Å². The molecule has 2 heterocycles. The van der Waals surface area contributed by atoms with Gasteiger partial charge < -0.3 is 10.1 Å². The fourth-order valence-electron chi connectivity index (χ4n) is 1.36. The van der Waals surface area contributed by atoms with Crippen LogP contribution in [0, 0.1) is 0 Å². The van der Waals surface area contributed by atoms with Gasteiger partial charge in [-0.2, -0.15) is 4.37 Å². The molecule has 4 heteroatoms. The Bertz CT molecular complexity index is 219. The lowest BCUT2D eigenvalue weighted by atomic mass is 10.1. The van der Waals surface area contributed by atoms with Crippen molar-refractivity contribution in [3.63, 3.8) is 0 Å². The number of aromatic nitrogens is 1. The number of piperidine rings is 1. The molecule has 0 aromatic carbocycles. The first-order valence-electron chi connectivity index (χ1n) is 4.22. The molecule has 1 saturated heterocycles. The van der Waals surface area contributed by atoms with Crippen LogP contribution in [0.25, 0.3) is 0 Å². The Kier molecular flexibility index (Phi) is 2.58. The van der Waals surface area contributed by atoms with Gasteiger partial charge in [0.2, 0.25) is 0 Å². The van der Waals surface area contributed by atoms with Crippen LogP contribution in [0.1, 0.15) is 12.8 Å². The van der Waals surface area contributed by atoms with E-state index < -0.39 is 0 Å². The third-order valence-corrected chi connectivity index (χ3v) is 2.56. The molecule has 1 aliphatic heterocycles. The molecule has 1 fully saturated rings. The predicted octanol–water partition coefficient (Wildman–Crippen LogP) is 1.27. The minimum Gasteiger partial charge on any atom is -0.488 e. The lowest BCUT2D eigenvalue weighted by molar-refractivity contribution is 0.163. The largest absolute Gasteiger partial charge is 0.488 e. The summed E-state index contributed by atoms with van der Waals surface area (Å²) >= 11 is 1.44. The van der Waals surface area contributed by atoms with Crippen LogP contribution in [0.4, 0.5) is 0 Å². The summed E-state index contributed by atoms with van der Waals surface area (Å²) in [5.41, 5.74) is 0. The Balaban J connectivity index is 1.86. The van der Waals surface area contributed by atoms with Gasteiger partial charge in [-0.3, -0.25) is 0 Å². The van der Waals surface area contributed by atoms with Gasteiger partial charge in [0, 0.05) is 0 Å². The first-order valence-corrected chi connectivity index (χ1v) is 5.05. The summed E-state index contributed by atoms with van der Waals surface area (Å²) in [6.45, 7) is 2.14. The normalized spacial score (nSPS) is 19.3. The molecule has 0 atom stereocenters. The van der Waals surface area contributed by atoms with Crippen molar-refractivity contribution in [1.29, 1.82) is 0 Å². The van der Waals surface area contributed by atoms with Crippen LogP contribution in [-0.2, 0) is 0 Å². The summed E-state index contributed by atoms with van der Waals surface area (Å²) in [5, 5.41) is 5.25. The second-order valence-corrected chi connectivity index (χ2v) is 3.58. The quantitative estimate of drug-likeness (QED) is 0.751. The number of ether oxygens (including phenoxy) is 1. The fourth-order valence-corrected chi connectivity index (χ4v) is 1.81. The van der Waals surface area contributed by atoms with E-state index in [-0.39, 0.29) is 0 Å². The summed E-state index contributed by atoms with van der Waals surface area (Å²) < 4.78 is 9.69. The first kappa shape index (κ1) is 8.01. The fraction of sp³-hybridized carbons (Fsp3) is 0.625. The minimum atomic E-state index is 0.391. The van der Waals surface area contributed by atoms with E-state index >= 15 is 0 Å². The Morgan fingerprint density at radius 1 is 1.50 bits per heavy atom. The van der Waals surface area contributed by atoms with E-state index in [4.69, 9.17) is 4.74 Å². The molecule has 0 spiro atoms. The minimum absolute atomic E-state index is 0.391. The van der Waals surface area contributed by atoms with Crippen LogP contribution >= 0.6 is 11.5 Å². The van der Waals surface area contributed by atoms with E-state index in [1.165, 1.54) is 11.5 Å². The Hall–Kier alpha value is -0.610. The Labute approximate surface area is 75.9 Å². The Morgan fingerprint density at radius 3 is 3.00 bits per heavy atom. The molecule has 0 saturated carbocycles. The summed E-state index contributed by atoms with van der Waals surface area (Å²) in [6, 6.07) is 0. The molecular weight excluding hydrogens is 172 g/mol. The summed E-state index contributed by atoms with van der Waals surface area (Å²) in [6.07, 6.45) is 4.39. The highest BCUT2D eigenvalue weighted by atomic mass is 32.1. The number of hydrogen-bond acceptors (Lipinski definition) is 4. The zero-order chi connectivity index (χ0) is 8.23. The highest BCUT2D eigenvalue weighted by Gasteiger charge is 2.14. The maximum atomic E-state index is 5.70. The second kappa shape index (κ2) is 3.87. The zero-order valence-corrected chi connectivity index (χ0v) is 7.64. The third kappa shape index (κ3) is 1.95. The molecule has 1 aromatic heterocycles. The van der Waals surface area contributed by atoms with E-state index in [0.717, 1.165) is 31.7 Å². The van der Waals surface area contributed by atoms with Crippen LogP contribution in [0.3, 0.4) is 0 Å². The van der Waals surface area contributed by atoms with Crippen LogP contribution in [0.2, 0.25) is 0 Å². The lowest BCUT2D eigenvalue weighted by Gasteiger charge is -2.22. The molecule has 0 unspecified atom stereocenters. The van der Waals surface area contributed by atoms with Gasteiger partial charge in [-0.1, -0.05) is 0 Å². The molecule has 1 N–H and O–H groups in total. The van der Waals surface area contributed by atoms with E-state index in [1.54, 1.807) is 6.20 Å². The van der Waals surface area contributed by atoms with E-state index in [2.05, 4.69) is 9.69 Å². The SMILES string of the molecule is c1nscc1OC1CCNCC1. The second-order valence-electron chi connectivity index (χ2n) is 2.93. The highest BCUT2D eigenvalue weighted by Crippen LogP contribution is 2.16. The van der Waals surface area contributed by atoms with Gasteiger partial charge >= 0.3 is 0 Å². The zero-order valence-electron chi connectivity index (χ0n) is 6.82. The molecule has 2 rings (SSSR count). The predicted molar refractivity (Wildman–Crippen MR) is 48.6 cm³/mol. The summed E-state index contributed by atoms with van der Waals surface area (Å²) in [4.78, 5) is 0. The lowest BCUT2D eigenvalue weighted by Crippen LogP contribution is -2.34. The van der Waals surface area contributed by atoms with Crippen molar-refractivity contribution in [2.75, 3.05) is 13.1 Å². The number of hydrogen-bond donors (Lipinski definition) is 1. The van der Waals surface area contributed by atoms with Gasteiger partial charge in [0.25, 0.3) is 0 Å². The van der Waals surface area contributed by atoms with Gasteiger partial charge in [-0.25, -0.2) is 0 Å². The molecule has 0 bridgehead atoms. The molecule has 1 aliphatic rings. The summed E-state index contributed by atoms with van der Waals surface area (Å²) in [7, 11) is 0. The third-order valence-electron chi connectivity index (χ3n) is 2.00. The van der Waals surface area contributed by atoms with Gasteiger partial charge in [-0.15, -0.1) is 0 Å². The Morgan fingerprint density at radius 2 is 2.33 bits per heavy atom. The van der Waals surface area contributed by atoms with Gasteiger partial charge in [-0.05, 0) is 37.5 Å². The topological polar surface area (TPSA) is 34.1 Å². The van der Waals surface area contributed by atoms with E-state index in [0.29, 0.717) is 6.10 Å². The van der Waals surface area contributed by atoms with Crippen LogP contribution in [0.15, 0.2) is 11.6 Å². The summed E-state index contributed by atoms with van der Waals surface area (Å²) in [5.74, 6) is 0.923. The molecule has 0 aliphatic carbocycles. The van der Waals surface area contributed by atoms with Crippen molar-refractivity contribution in [2.45, 2.75) is 18.9 Å². The maximum Gasteiger partial charge on any atom is 0.150 e. The molecular formula is C8H12N2OS. The molecule has 3 nitrogen and oxygen atoms in total. The molecule has 1 aromatic rings. The number of nitrogens with one attached hydrogen (secondary N) is 1. The monoisotopic (exact) mass is 184 g/mol. The highest BCUT2D eigenvalue weighted by molar-refractivity contribution is 7.03. The maximum absolute atomic E-state index is 5.70. The van der Waals surface area contributed by atoms with Gasteiger partial charge in [0.05, 0.1) is 11.6 Å². The van der Waals surface area contributed by atoms with Crippen molar-refractivity contribution in [3.8, 4) is 5.75 Å². The number of rotatable bonds is 2. The molecule has 66 valence electrons. The average molecular weight is 184 g/mol. The standard InChI is InChI=1S/C8H12N2OS/c1-3-9-4-2-7(1)11-8-5-10-12-6-8/h5-7,9H,1-4H2. The van der Waals surface area contributed by atoms with Crippen LogP contribution < -0.4 is 10.1 Å². The van der Waals surface area contributed by atoms with Gasteiger partial charge in [0.1, 0.15) is 11.9 Å². The van der Waals surface area contributed by atoms with Crippen LogP contribution in [-0.4, -0.2) is 23.6 Å². The molecule has 0 radical (unpaired) electrons. The smallest absolute Gasteiger partial charge is 0.150 e. The number of nitrogens with zero attached hydrogens (tertiary/aromatic N) is 1. The van der Waals surface area contributed by atoms with Gasteiger partial charge in [0.15, 0.2) is 0 Å². The molecule has 0 amide bonds. The average Bonchev–Trinajstić information content (AvgIpc) is 2.59. The molecule has 12 heavy (non-hydrogen) atoms. The van der Waals surface area contributed by atoms with Crippen molar-refractivity contribution in [3.05, 3.63) is 11.6 Å². The van der Waals surface area contributed by atoms with Crippen molar-refractivity contribution in [2.24, 2.45) is 0 Å². The van der Waals surface area contributed by atoms with E-state index in [1.807, 2.05) is 5.38 Å². The van der Waals surface area contributed by atoms with Crippen molar-refractivity contribution in [1.82, 2.24) is 9.69 Å².